The van der Waals surface area contributed by atoms with Gasteiger partial charge in [-0.05, 0) is 63.0 Å². The summed E-state index contributed by atoms with van der Waals surface area (Å²) in [6, 6.07) is 8.65. The number of halogens is 1. The lowest BCUT2D eigenvalue weighted by atomic mass is 9.65. The lowest BCUT2D eigenvalue weighted by Gasteiger charge is -2.45. The lowest BCUT2D eigenvalue weighted by Crippen LogP contribution is -2.52. The third-order valence-electron chi connectivity index (χ3n) is 7.23. The molecule has 2 aromatic carbocycles. The molecule has 1 aliphatic heterocycles. The molecule has 2 fully saturated rings. The number of likely N-dealkylation sites (tertiary alicyclic amines) is 1. The third-order valence-corrected chi connectivity index (χ3v) is 7.23. The van der Waals surface area contributed by atoms with Crippen LogP contribution in [0.1, 0.15) is 31.2 Å². The molecule has 1 saturated carbocycles. The molecule has 2 amide bonds. The van der Waals surface area contributed by atoms with E-state index in [1.165, 1.54) is 5.56 Å². The number of nitrogens with zero attached hydrogens (tertiary/aromatic N) is 2. The van der Waals surface area contributed by atoms with Gasteiger partial charge >= 0.3 is 6.03 Å². The summed E-state index contributed by atoms with van der Waals surface area (Å²) >= 11 is 0. The maximum Gasteiger partial charge on any atom is 0.319 e. The number of ether oxygens (including phenoxy) is 2. The number of urea groups is 1. The van der Waals surface area contributed by atoms with E-state index in [1.807, 2.05) is 6.07 Å². The van der Waals surface area contributed by atoms with Crippen LogP contribution in [-0.2, 0) is 5.41 Å². The molecule has 2 N–H and O–H groups in total. The summed E-state index contributed by atoms with van der Waals surface area (Å²) < 4.78 is 25.0. The Kier molecular flexibility index (Phi) is 6.60. The van der Waals surface area contributed by atoms with Crippen LogP contribution in [0.5, 0.6) is 11.5 Å². The maximum absolute atomic E-state index is 14.1. The second kappa shape index (κ2) is 9.46. The molecule has 1 saturated heterocycles. The van der Waals surface area contributed by atoms with Gasteiger partial charge in [0.15, 0.2) is 11.5 Å². The Balaban J connectivity index is 1.48. The second-order valence-electron chi connectivity index (χ2n) is 8.96. The average molecular weight is 473 g/mol. The normalized spacial score (nSPS) is 24.2. The highest BCUT2D eigenvalue weighted by molar-refractivity contribution is 5.90. The van der Waals surface area contributed by atoms with Crippen LogP contribution in [0.25, 0.3) is 0 Å². The molecule has 34 heavy (non-hydrogen) atoms. The largest absolute Gasteiger partial charge is 0.493 e. The van der Waals surface area contributed by atoms with E-state index < -0.39 is 16.8 Å². The van der Waals surface area contributed by atoms with Crippen LogP contribution in [0.2, 0.25) is 0 Å². The summed E-state index contributed by atoms with van der Waals surface area (Å²) in [4.78, 5) is 25.2. The van der Waals surface area contributed by atoms with Crippen molar-refractivity contribution in [2.24, 2.45) is 0 Å². The number of nitro groups is 1. The summed E-state index contributed by atoms with van der Waals surface area (Å²) in [6.45, 7) is 0.941. The number of carbonyl (C=O) groups excluding carboxylic acids is 1. The van der Waals surface area contributed by atoms with Gasteiger partial charge in [-0.25, -0.2) is 9.18 Å². The van der Waals surface area contributed by atoms with Gasteiger partial charge in [0.2, 0.25) is 0 Å². The topological polar surface area (TPSA) is 106 Å². The minimum Gasteiger partial charge on any atom is -0.493 e. The molecular weight excluding hydrogens is 443 g/mol. The quantitative estimate of drug-likeness (QED) is 0.485. The lowest BCUT2D eigenvalue weighted by molar-refractivity contribution is -0.384. The Hall–Kier alpha value is -3.40. The zero-order valence-electron chi connectivity index (χ0n) is 19.5. The molecule has 3 atom stereocenters. The molecule has 0 radical (unpaired) electrons. The predicted molar refractivity (Wildman–Crippen MR) is 125 cm³/mol. The second-order valence-corrected chi connectivity index (χ2v) is 8.96. The fraction of sp³-hybridized carbons (Fsp3) is 0.458. The molecule has 9 nitrogen and oxygen atoms in total. The fourth-order valence-electron chi connectivity index (χ4n) is 5.46. The Morgan fingerprint density at radius 3 is 2.65 bits per heavy atom. The molecule has 0 spiro atoms. The summed E-state index contributed by atoms with van der Waals surface area (Å²) in [7, 11) is 5.33. The number of non-ortho nitro benzene ring substituents is 1. The van der Waals surface area contributed by atoms with Gasteiger partial charge in [0, 0.05) is 29.6 Å². The first-order valence-corrected chi connectivity index (χ1v) is 11.2. The number of rotatable bonds is 6. The van der Waals surface area contributed by atoms with Crippen molar-refractivity contribution >= 4 is 17.4 Å². The SMILES string of the molecule is COc1ccc(C23CCC(NC(=O)Nc4cc([N+](=O)[O-])ccc4F)CC2N(C)CC3)cc1OC. The van der Waals surface area contributed by atoms with Crippen molar-refractivity contribution in [3.63, 3.8) is 0 Å². The molecule has 10 heteroatoms. The van der Waals surface area contributed by atoms with Crippen LogP contribution in [0.3, 0.4) is 0 Å². The number of anilines is 1. The van der Waals surface area contributed by atoms with E-state index in [1.54, 1.807) is 14.2 Å². The van der Waals surface area contributed by atoms with Gasteiger partial charge in [0.25, 0.3) is 5.69 Å². The Bertz CT molecular complexity index is 1100. The third kappa shape index (κ3) is 4.37. The summed E-state index contributed by atoms with van der Waals surface area (Å²) in [5.74, 6) is 0.652. The van der Waals surface area contributed by atoms with Gasteiger partial charge in [-0.1, -0.05) is 6.07 Å². The minimum absolute atomic E-state index is 0.0604. The Morgan fingerprint density at radius 2 is 1.94 bits per heavy atom. The molecule has 3 unspecified atom stereocenters. The van der Waals surface area contributed by atoms with Crippen molar-refractivity contribution in [1.82, 2.24) is 10.2 Å². The van der Waals surface area contributed by atoms with E-state index in [0.717, 1.165) is 50.4 Å². The first kappa shape index (κ1) is 23.7. The number of hydrogen-bond acceptors (Lipinski definition) is 6. The zero-order valence-corrected chi connectivity index (χ0v) is 19.5. The highest BCUT2D eigenvalue weighted by Gasteiger charge is 2.50. The molecule has 0 bridgehead atoms. The van der Waals surface area contributed by atoms with Crippen LogP contribution < -0.4 is 20.1 Å². The molecule has 0 aromatic heterocycles. The van der Waals surface area contributed by atoms with Crippen LogP contribution in [0, 0.1) is 15.9 Å². The minimum atomic E-state index is -0.729. The monoisotopic (exact) mass is 472 g/mol. The fourth-order valence-corrected chi connectivity index (χ4v) is 5.46. The Labute approximate surface area is 197 Å². The molecule has 1 heterocycles. The van der Waals surface area contributed by atoms with E-state index in [-0.39, 0.29) is 28.9 Å². The standard InChI is InChI=1S/C24H29FN4O5/c1-28-11-10-24(15-4-7-20(33-2)21(12-15)34-3)9-8-16(13-22(24)28)26-23(30)27-19-14-17(29(31)32)5-6-18(19)25/h4-7,12,14,16,22H,8-11,13H2,1-3H3,(H2,26,27,30). The van der Waals surface area contributed by atoms with Crippen LogP contribution in [0.4, 0.5) is 20.6 Å². The van der Waals surface area contributed by atoms with Crippen LogP contribution in [-0.4, -0.2) is 55.8 Å². The molecule has 2 aliphatic rings. The molecule has 2 aromatic rings. The van der Waals surface area contributed by atoms with Crippen molar-refractivity contribution in [3.05, 3.63) is 57.9 Å². The van der Waals surface area contributed by atoms with E-state index in [9.17, 15) is 19.3 Å². The van der Waals surface area contributed by atoms with Gasteiger partial charge in [-0.3, -0.25) is 10.1 Å². The number of nitro benzene ring substituents is 1. The zero-order chi connectivity index (χ0) is 24.5. The first-order valence-electron chi connectivity index (χ1n) is 11.2. The Morgan fingerprint density at radius 1 is 1.18 bits per heavy atom. The maximum atomic E-state index is 14.1. The van der Waals surface area contributed by atoms with Gasteiger partial charge < -0.3 is 25.0 Å². The highest BCUT2D eigenvalue weighted by atomic mass is 19.1. The highest BCUT2D eigenvalue weighted by Crippen LogP contribution is 2.49. The van der Waals surface area contributed by atoms with E-state index >= 15 is 0 Å². The molecule has 4 rings (SSSR count). The number of benzene rings is 2. The first-order chi connectivity index (χ1) is 16.3. The number of amides is 2. The van der Waals surface area contributed by atoms with Gasteiger partial charge in [0.1, 0.15) is 5.82 Å². The van der Waals surface area contributed by atoms with Gasteiger partial charge in [0.05, 0.1) is 24.8 Å². The summed E-state index contributed by atoms with van der Waals surface area (Å²) in [6.07, 6.45) is 3.36. The number of likely N-dealkylation sites (N-methyl/N-ethyl adjacent to an activating group) is 1. The van der Waals surface area contributed by atoms with E-state index in [2.05, 4.69) is 34.7 Å². The number of fused-ring (bicyclic) bond motifs is 1. The molecular formula is C24H29FN4O5. The van der Waals surface area contributed by atoms with E-state index in [4.69, 9.17) is 9.47 Å². The molecule has 182 valence electrons. The number of nitrogens with one attached hydrogen (secondary N) is 2. The summed E-state index contributed by atoms with van der Waals surface area (Å²) in [5.41, 5.74) is 0.623. The summed E-state index contributed by atoms with van der Waals surface area (Å²) in [5, 5.41) is 16.3. The number of carbonyl (C=O) groups is 1. The van der Waals surface area contributed by atoms with Gasteiger partial charge in [-0.2, -0.15) is 0 Å². The van der Waals surface area contributed by atoms with Crippen molar-refractivity contribution < 1.29 is 23.6 Å². The average Bonchev–Trinajstić information content (AvgIpc) is 3.16. The van der Waals surface area contributed by atoms with Crippen molar-refractivity contribution in [2.75, 3.05) is 33.1 Å². The van der Waals surface area contributed by atoms with Crippen molar-refractivity contribution in [3.8, 4) is 11.5 Å². The van der Waals surface area contributed by atoms with Crippen molar-refractivity contribution in [2.45, 2.75) is 43.2 Å². The number of methoxy groups -OCH3 is 2. The van der Waals surface area contributed by atoms with Crippen LogP contribution in [0.15, 0.2) is 36.4 Å². The van der Waals surface area contributed by atoms with Crippen LogP contribution >= 0.6 is 0 Å². The number of hydrogen-bond donors (Lipinski definition) is 2. The smallest absolute Gasteiger partial charge is 0.319 e. The molecule has 1 aliphatic carbocycles. The predicted octanol–water partition coefficient (Wildman–Crippen LogP) is 4.07. The van der Waals surface area contributed by atoms with Gasteiger partial charge in [-0.15, -0.1) is 0 Å². The van der Waals surface area contributed by atoms with E-state index in [0.29, 0.717) is 11.5 Å². The van der Waals surface area contributed by atoms with Crippen molar-refractivity contribution in [1.29, 1.82) is 0 Å².